The van der Waals surface area contributed by atoms with Crippen molar-refractivity contribution in [1.29, 1.82) is 0 Å². The molecule has 1 aromatic heterocycles. The van der Waals surface area contributed by atoms with Crippen LogP contribution in [0.1, 0.15) is 46.2 Å². The van der Waals surface area contributed by atoms with Gasteiger partial charge in [0.05, 0.1) is 18.3 Å². The van der Waals surface area contributed by atoms with E-state index in [9.17, 15) is 0 Å². The van der Waals surface area contributed by atoms with Crippen LogP contribution in [-0.4, -0.2) is 24.7 Å². The average Bonchev–Trinajstić information content (AvgIpc) is 2.49. The van der Waals surface area contributed by atoms with Gasteiger partial charge in [-0.15, -0.1) is 0 Å². The average molecular weight is 315 g/mol. The van der Waals surface area contributed by atoms with Crippen LogP contribution in [0.2, 0.25) is 0 Å². The predicted octanol–water partition coefficient (Wildman–Crippen LogP) is 4.08. The van der Waals surface area contributed by atoms with Gasteiger partial charge in [0.1, 0.15) is 5.75 Å². The van der Waals surface area contributed by atoms with E-state index in [0.717, 1.165) is 47.4 Å². The summed E-state index contributed by atoms with van der Waals surface area (Å²) in [4.78, 5) is 4.89. The largest absolute Gasteiger partial charge is 0.497 e. The number of nitrogens with one attached hydrogen (secondary N) is 1. The molecule has 0 spiro atoms. The second-order valence-electron chi connectivity index (χ2n) is 7.24. The number of hydrogen-bond acceptors (Lipinski definition) is 4. The number of methoxy groups -OCH3 is 1. The molecule has 0 aliphatic heterocycles. The molecule has 126 valence electrons. The number of nitrogens with zero attached hydrogens (tertiary/aromatic N) is 1. The van der Waals surface area contributed by atoms with Gasteiger partial charge in [-0.2, -0.15) is 0 Å². The van der Waals surface area contributed by atoms with Crippen LogP contribution in [0.3, 0.4) is 0 Å². The monoisotopic (exact) mass is 315 g/mol. The third-order valence-electron chi connectivity index (χ3n) is 3.92. The summed E-state index contributed by atoms with van der Waals surface area (Å²) in [5.74, 6) is 0.845. The van der Waals surface area contributed by atoms with Crippen LogP contribution in [0.15, 0.2) is 24.3 Å². The summed E-state index contributed by atoms with van der Waals surface area (Å²) in [5, 5.41) is 4.59. The lowest BCUT2D eigenvalue weighted by molar-refractivity contribution is 0.415. The Hall–Kier alpha value is -1.81. The number of ether oxygens (including phenoxy) is 1. The molecule has 4 nitrogen and oxygen atoms in total. The van der Waals surface area contributed by atoms with Crippen molar-refractivity contribution >= 4 is 16.6 Å². The maximum atomic E-state index is 5.82. The number of hydrogen-bond donors (Lipinski definition) is 2. The highest BCUT2D eigenvalue weighted by molar-refractivity contribution is 5.92. The van der Waals surface area contributed by atoms with E-state index in [1.165, 1.54) is 0 Å². The van der Waals surface area contributed by atoms with Gasteiger partial charge < -0.3 is 15.8 Å². The Kier molecular flexibility index (Phi) is 5.47. The maximum absolute atomic E-state index is 5.82. The number of pyridine rings is 1. The van der Waals surface area contributed by atoms with Crippen LogP contribution in [0.5, 0.6) is 5.75 Å². The first-order chi connectivity index (χ1) is 10.8. The van der Waals surface area contributed by atoms with Gasteiger partial charge in [-0.25, -0.2) is 0 Å². The van der Waals surface area contributed by atoms with Gasteiger partial charge in [0.15, 0.2) is 0 Å². The molecule has 1 unspecified atom stereocenters. The second kappa shape index (κ2) is 7.18. The maximum Gasteiger partial charge on any atom is 0.121 e. The highest BCUT2D eigenvalue weighted by atomic mass is 16.5. The topological polar surface area (TPSA) is 60.2 Å². The minimum absolute atomic E-state index is 0.0281. The van der Waals surface area contributed by atoms with Gasteiger partial charge in [-0.1, -0.05) is 26.8 Å². The Bertz CT molecular complexity index is 659. The Labute approximate surface area is 139 Å². The van der Waals surface area contributed by atoms with Gasteiger partial charge in [0.2, 0.25) is 0 Å². The zero-order valence-corrected chi connectivity index (χ0v) is 14.9. The Balaban J connectivity index is 2.34. The first kappa shape index (κ1) is 17.5. The molecular weight excluding hydrogens is 286 g/mol. The lowest BCUT2D eigenvalue weighted by atomic mass is 9.91. The summed E-state index contributed by atoms with van der Waals surface area (Å²) in [6, 6.07) is 8.51. The molecule has 1 aromatic carbocycles. The fourth-order valence-corrected chi connectivity index (χ4v) is 2.53. The summed E-state index contributed by atoms with van der Waals surface area (Å²) in [7, 11) is 1.69. The molecule has 0 saturated heterocycles. The fraction of sp³-hybridized carbons (Fsp3) is 0.526. The van der Waals surface area contributed by atoms with Crippen molar-refractivity contribution in [3.63, 3.8) is 0 Å². The molecule has 0 saturated carbocycles. The third kappa shape index (κ3) is 4.58. The third-order valence-corrected chi connectivity index (χ3v) is 3.92. The van der Waals surface area contributed by atoms with Gasteiger partial charge in [0.25, 0.3) is 0 Å². The zero-order valence-electron chi connectivity index (χ0n) is 14.9. The molecule has 0 bridgehead atoms. The van der Waals surface area contributed by atoms with Crippen molar-refractivity contribution in [2.45, 2.75) is 52.0 Å². The highest BCUT2D eigenvalue weighted by Crippen LogP contribution is 2.31. The zero-order chi connectivity index (χ0) is 17.0. The molecule has 0 amide bonds. The van der Waals surface area contributed by atoms with Crippen molar-refractivity contribution in [3.8, 4) is 5.75 Å². The quantitative estimate of drug-likeness (QED) is 0.789. The summed E-state index contributed by atoms with van der Waals surface area (Å²) < 4.78 is 5.42. The predicted molar refractivity (Wildman–Crippen MR) is 98.4 cm³/mol. The number of anilines is 1. The molecule has 2 rings (SSSR count). The molecule has 2 aromatic rings. The van der Waals surface area contributed by atoms with Crippen molar-refractivity contribution < 1.29 is 4.74 Å². The van der Waals surface area contributed by atoms with E-state index in [1.807, 2.05) is 19.1 Å². The van der Waals surface area contributed by atoms with E-state index in [-0.39, 0.29) is 11.5 Å². The smallest absolute Gasteiger partial charge is 0.121 e. The Morgan fingerprint density at radius 2 is 2.00 bits per heavy atom. The molecule has 1 heterocycles. The molecule has 0 aliphatic carbocycles. The van der Waals surface area contributed by atoms with Crippen LogP contribution in [0.4, 0.5) is 5.69 Å². The molecule has 0 fully saturated rings. The number of aromatic nitrogens is 1. The van der Waals surface area contributed by atoms with Crippen molar-refractivity contribution in [3.05, 3.63) is 30.0 Å². The number of benzene rings is 1. The molecule has 3 N–H and O–H groups in total. The Morgan fingerprint density at radius 3 is 2.61 bits per heavy atom. The van der Waals surface area contributed by atoms with E-state index in [1.54, 1.807) is 7.11 Å². The van der Waals surface area contributed by atoms with Crippen molar-refractivity contribution in [2.75, 3.05) is 19.0 Å². The lowest BCUT2D eigenvalue weighted by Crippen LogP contribution is -2.16. The first-order valence-electron chi connectivity index (χ1n) is 8.30. The highest BCUT2D eigenvalue weighted by Gasteiger charge is 2.17. The minimum atomic E-state index is 0.0281. The van der Waals surface area contributed by atoms with Crippen LogP contribution >= 0.6 is 0 Å². The molecule has 0 radical (unpaired) electrons. The summed E-state index contributed by atoms with van der Waals surface area (Å²) in [6.45, 7) is 9.46. The van der Waals surface area contributed by atoms with E-state index in [4.69, 9.17) is 15.5 Å². The summed E-state index contributed by atoms with van der Waals surface area (Å²) in [5.41, 5.74) is 8.96. The summed E-state index contributed by atoms with van der Waals surface area (Å²) in [6.07, 6.45) is 2.05. The van der Waals surface area contributed by atoms with Crippen LogP contribution in [-0.2, 0) is 5.41 Å². The second-order valence-corrected chi connectivity index (χ2v) is 7.24. The Morgan fingerprint density at radius 1 is 1.26 bits per heavy atom. The SMILES string of the molecule is COc1cc(NCCCC(C)N)c2nc(C(C)(C)C)ccc2c1. The number of fused-ring (bicyclic) bond motifs is 1. The van der Waals surface area contributed by atoms with E-state index >= 15 is 0 Å². The molecule has 0 aliphatic rings. The van der Waals surface area contributed by atoms with Crippen molar-refractivity contribution in [2.24, 2.45) is 5.73 Å². The fourth-order valence-electron chi connectivity index (χ4n) is 2.53. The standard InChI is InChI=1S/C19H29N3O/c1-13(20)7-6-10-21-16-12-15(23-5)11-14-8-9-17(19(2,3)4)22-18(14)16/h8-9,11-13,21H,6-7,10,20H2,1-5H3. The van der Waals surface area contributed by atoms with E-state index in [2.05, 4.69) is 38.2 Å². The van der Waals surface area contributed by atoms with E-state index in [0.29, 0.717) is 0 Å². The molecular formula is C19H29N3O. The van der Waals surface area contributed by atoms with Gasteiger partial charge in [-0.05, 0) is 31.9 Å². The van der Waals surface area contributed by atoms with Gasteiger partial charge in [-0.3, -0.25) is 4.98 Å². The normalized spacial score (nSPS) is 13.1. The van der Waals surface area contributed by atoms with Gasteiger partial charge in [0, 0.05) is 35.1 Å². The van der Waals surface area contributed by atoms with Crippen molar-refractivity contribution in [1.82, 2.24) is 4.98 Å². The van der Waals surface area contributed by atoms with Crippen LogP contribution < -0.4 is 15.8 Å². The lowest BCUT2D eigenvalue weighted by Gasteiger charge is -2.19. The number of nitrogens with two attached hydrogens (primary N) is 1. The molecule has 23 heavy (non-hydrogen) atoms. The minimum Gasteiger partial charge on any atom is -0.497 e. The van der Waals surface area contributed by atoms with Crippen LogP contribution in [0.25, 0.3) is 10.9 Å². The molecule has 4 heteroatoms. The van der Waals surface area contributed by atoms with Crippen LogP contribution in [0, 0.1) is 0 Å². The molecule has 1 atom stereocenters. The number of rotatable bonds is 6. The van der Waals surface area contributed by atoms with E-state index < -0.39 is 0 Å². The first-order valence-corrected chi connectivity index (χ1v) is 8.30. The summed E-state index contributed by atoms with van der Waals surface area (Å²) >= 11 is 0. The van der Waals surface area contributed by atoms with Gasteiger partial charge >= 0.3 is 0 Å².